The number of aromatic hydroxyl groups is 1. The molecule has 1 atom stereocenters. The van der Waals surface area contributed by atoms with E-state index < -0.39 is 6.04 Å². The first-order valence-corrected chi connectivity index (χ1v) is 9.40. The van der Waals surface area contributed by atoms with Crippen LogP contribution in [0.4, 0.5) is 0 Å². The molecule has 3 aromatic rings. The number of rotatable bonds is 5. The average molecular weight is 393 g/mol. The molecule has 0 spiro atoms. The highest BCUT2D eigenvalue weighted by molar-refractivity contribution is 6.00. The van der Waals surface area contributed by atoms with Gasteiger partial charge in [-0.15, -0.1) is 0 Å². The van der Waals surface area contributed by atoms with Crippen molar-refractivity contribution in [3.63, 3.8) is 0 Å². The lowest BCUT2D eigenvalue weighted by molar-refractivity contribution is 0.0706. The van der Waals surface area contributed by atoms with E-state index in [0.717, 1.165) is 16.7 Å². The van der Waals surface area contributed by atoms with Crippen molar-refractivity contribution in [3.05, 3.63) is 64.3 Å². The zero-order chi connectivity index (χ0) is 20.7. The number of aliphatic hydroxyl groups is 1. The van der Waals surface area contributed by atoms with Crippen molar-refractivity contribution < 1.29 is 19.7 Å². The molecule has 2 aromatic carbocycles. The normalized spacial score (nSPS) is 15.7. The number of aromatic amines is 1. The molecule has 7 nitrogen and oxygen atoms in total. The molecule has 0 fully saturated rings. The van der Waals surface area contributed by atoms with E-state index in [1.165, 1.54) is 0 Å². The van der Waals surface area contributed by atoms with Crippen LogP contribution in [-0.4, -0.2) is 51.5 Å². The SMILES string of the molecule is COc1ccc([C@@H]2c3c(-c4c(C)cc(C)cc4O)n[nH]c3C(=O)N2CCO)cc1. The fourth-order valence-corrected chi connectivity index (χ4v) is 4.11. The van der Waals surface area contributed by atoms with Crippen LogP contribution in [0.1, 0.15) is 38.8 Å². The van der Waals surface area contributed by atoms with Gasteiger partial charge in [-0.25, -0.2) is 0 Å². The minimum Gasteiger partial charge on any atom is -0.507 e. The van der Waals surface area contributed by atoms with Crippen molar-refractivity contribution >= 4 is 5.91 Å². The predicted molar refractivity (Wildman–Crippen MR) is 108 cm³/mol. The average Bonchev–Trinajstić information content (AvgIpc) is 3.22. The molecule has 150 valence electrons. The van der Waals surface area contributed by atoms with Crippen LogP contribution in [0.15, 0.2) is 36.4 Å². The molecule has 29 heavy (non-hydrogen) atoms. The summed E-state index contributed by atoms with van der Waals surface area (Å²) in [4.78, 5) is 14.6. The maximum Gasteiger partial charge on any atom is 0.273 e. The maximum absolute atomic E-state index is 13.0. The molecular formula is C22H23N3O4. The number of aromatic nitrogens is 2. The van der Waals surface area contributed by atoms with Gasteiger partial charge < -0.3 is 19.8 Å². The van der Waals surface area contributed by atoms with Gasteiger partial charge in [0.25, 0.3) is 5.91 Å². The van der Waals surface area contributed by atoms with Crippen molar-refractivity contribution in [2.75, 3.05) is 20.3 Å². The minimum atomic E-state index is -0.426. The predicted octanol–water partition coefficient (Wildman–Crippen LogP) is 2.95. The van der Waals surface area contributed by atoms with E-state index in [4.69, 9.17) is 4.74 Å². The van der Waals surface area contributed by atoms with E-state index in [0.29, 0.717) is 28.3 Å². The first-order valence-electron chi connectivity index (χ1n) is 9.40. The second-order valence-electron chi connectivity index (χ2n) is 7.23. The van der Waals surface area contributed by atoms with Crippen LogP contribution in [0, 0.1) is 13.8 Å². The van der Waals surface area contributed by atoms with Crippen LogP contribution in [0.25, 0.3) is 11.3 Å². The van der Waals surface area contributed by atoms with Gasteiger partial charge in [-0.2, -0.15) is 5.10 Å². The molecular weight excluding hydrogens is 370 g/mol. The lowest BCUT2D eigenvalue weighted by Crippen LogP contribution is -2.32. The van der Waals surface area contributed by atoms with Crippen LogP contribution in [0.5, 0.6) is 11.5 Å². The number of carbonyl (C=O) groups excluding carboxylic acids is 1. The van der Waals surface area contributed by atoms with Crippen molar-refractivity contribution in [2.45, 2.75) is 19.9 Å². The Kier molecular flexibility index (Phi) is 4.76. The van der Waals surface area contributed by atoms with Gasteiger partial charge in [-0.1, -0.05) is 18.2 Å². The molecule has 0 saturated carbocycles. The Morgan fingerprint density at radius 2 is 1.93 bits per heavy atom. The Bertz CT molecular complexity index is 1050. The number of aryl methyl sites for hydroxylation is 2. The smallest absolute Gasteiger partial charge is 0.273 e. The molecule has 1 aliphatic rings. The summed E-state index contributed by atoms with van der Waals surface area (Å²) >= 11 is 0. The van der Waals surface area contributed by atoms with Crippen molar-refractivity contribution in [2.24, 2.45) is 0 Å². The third-order valence-corrected chi connectivity index (χ3v) is 5.33. The second-order valence-corrected chi connectivity index (χ2v) is 7.23. The quantitative estimate of drug-likeness (QED) is 0.619. The number of carbonyl (C=O) groups is 1. The van der Waals surface area contributed by atoms with Gasteiger partial charge in [-0.3, -0.25) is 9.89 Å². The molecule has 0 radical (unpaired) electrons. The Hall–Kier alpha value is -3.32. The fraction of sp³-hybridized carbons (Fsp3) is 0.273. The van der Waals surface area contributed by atoms with E-state index in [1.807, 2.05) is 44.2 Å². The van der Waals surface area contributed by atoms with Gasteiger partial charge >= 0.3 is 0 Å². The number of amides is 1. The number of hydrogen-bond donors (Lipinski definition) is 3. The number of nitrogens with one attached hydrogen (secondary N) is 1. The highest BCUT2D eigenvalue weighted by Crippen LogP contribution is 2.45. The Morgan fingerprint density at radius 1 is 1.21 bits per heavy atom. The number of phenolic OH excluding ortho intramolecular Hbond substituents is 1. The summed E-state index contributed by atoms with van der Waals surface area (Å²) in [5.74, 6) is 0.614. The summed E-state index contributed by atoms with van der Waals surface area (Å²) in [6.45, 7) is 3.86. The Morgan fingerprint density at radius 3 is 2.55 bits per heavy atom. The number of ether oxygens (including phenoxy) is 1. The number of methoxy groups -OCH3 is 1. The van der Waals surface area contributed by atoms with Crippen molar-refractivity contribution in [1.82, 2.24) is 15.1 Å². The number of fused-ring (bicyclic) bond motifs is 1. The number of hydrogen-bond acceptors (Lipinski definition) is 5. The van der Waals surface area contributed by atoms with E-state index in [-0.39, 0.29) is 24.8 Å². The molecule has 0 aliphatic carbocycles. The van der Waals surface area contributed by atoms with Gasteiger partial charge in [-0.05, 0) is 48.7 Å². The molecule has 2 heterocycles. The van der Waals surface area contributed by atoms with Gasteiger partial charge in [0.05, 0.1) is 19.8 Å². The molecule has 1 amide bonds. The molecule has 0 bridgehead atoms. The van der Waals surface area contributed by atoms with Crippen LogP contribution in [0.3, 0.4) is 0 Å². The molecule has 7 heteroatoms. The van der Waals surface area contributed by atoms with Crippen LogP contribution in [0.2, 0.25) is 0 Å². The molecule has 0 unspecified atom stereocenters. The number of H-pyrrole nitrogens is 1. The number of aliphatic hydroxyl groups excluding tert-OH is 1. The highest BCUT2D eigenvalue weighted by Gasteiger charge is 2.42. The molecule has 1 aromatic heterocycles. The van der Waals surface area contributed by atoms with Gasteiger partial charge in [0.1, 0.15) is 22.9 Å². The van der Waals surface area contributed by atoms with Gasteiger partial charge in [0.15, 0.2) is 0 Å². The number of β-amino-alcohol motifs (C(OH)–C–C–N with tert-alkyl or cyclic N) is 1. The lowest BCUT2D eigenvalue weighted by Gasteiger charge is -2.26. The van der Waals surface area contributed by atoms with E-state index in [1.54, 1.807) is 18.1 Å². The summed E-state index contributed by atoms with van der Waals surface area (Å²) in [5.41, 5.74) is 4.93. The Balaban J connectivity index is 1.91. The van der Waals surface area contributed by atoms with E-state index in [9.17, 15) is 15.0 Å². The third kappa shape index (κ3) is 3.03. The van der Waals surface area contributed by atoms with Crippen LogP contribution >= 0.6 is 0 Å². The number of phenols is 1. The van der Waals surface area contributed by atoms with Gasteiger partial charge in [0.2, 0.25) is 0 Å². The standard InChI is InChI=1S/C22H23N3O4/c1-12-10-13(2)17(16(27)11-12)19-18-20(24-23-19)22(28)25(8-9-26)21(18)14-4-6-15(29-3)7-5-14/h4-7,10-11,21,26-27H,8-9H2,1-3H3,(H,23,24)/t21-/m1/s1. The Labute approximate surface area is 168 Å². The minimum absolute atomic E-state index is 0.123. The second kappa shape index (κ2) is 7.25. The monoisotopic (exact) mass is 393 g/mol. The highest BCUT2D eigenvalue weighted by atomic mass is 16.5. The number of benzene rings is 2. The topological polar surface area (TPSA) is 98.7 Å². The summed E-state index contributed by atoms with van der Waals surface area (Å²) in [7, 11) is 1.60. The fourth-order valence-electron chi connectivity index (χ4n) is 4.11. The molecule has 4 rings (SSSR count). The first kappa shape index (κ1) is 19.0. The third-order valence-electron chi connectivity index (χ3n) is 5.33. The maximum atomic E-state index is 13.0. The summed E-state index contributed by atoms with van der Waals surface area (Å²) in [6, 6.07) is 10.7. The molecule has 0 saturated heterocycles. The lowest BCUT2D eigenvalue weighted by atomic mass is 9.93. The molecule has 1 aliphatic heterocycles. The van der Waals surface area contributed by atoms with Crippen molar-refractivity contribution in [1.29, 1.82) is 0 Å². The van der Waals surface area contributed by atoms with E-state index in [2.05, 4.69) is 10.2 Å². The van der Waals surface area contributed by atoms with E-state index >= 15 is 0 Å². The zero-order valence-electron chi connectivity index (χ0n) is 16.6. The summed E-state index contributed by atoms with van der Waals surface area (Å²) < 4.78 is 5.25. The largest absolute Gasteiger partial charge is 0.507 e. The molecule has 3 N–H and O–H groups in total. The first-order chi connectivity index (χ1) is 14.0. The van der Waals surface area contributed by atoms with Crippen molar-refractivity contribution in [3.8, 4) is 22.8 Å². The summed E-state index contributed by atoms with van der Waals surface area (Å²) in [5, 5.41) is 27.4. The summed E-state index contributed by atoms with van der Waals surface area (Å²) in [6.07, 6.45) is 0. The van der Waals surface area contributed by atoms with Crippen LogP contribution < -0.4 is 4.74 Å². The van der Waals surface area contributed by atoms with Crippen LogP contribution in [-0.2, 0) is 0 Å². The van der Waals surface area contributed by atoms with Gasteiger partial charge in [0, 0.05) is 17.7 Å². The number of nitrogens with zero attached hydrogens (tertiary/aromatic N) is 2. The zero-order valence-corrected chi connectivity index (χ0v) is 16.6.